The van der Waals surface area contributed by atoms with E-state index < -0.39 is 44.4 Å². The lowest BCUT2D eigenvalue weighted by Crippen LogP contribution is -2.47. The number of nitrogens with one attached hydrogen (secondary N) is 1. The highest BCUT2D eigenvalue weighted by Gasteiger charge is 2.28. The van der Waals surface area contributed by atoms with Crippen molar-refractivity contribution in [1.29, 1.82) is 0 Å². The second-order valence-corrected chi connectivity index (χ2v) is 15.8. The summed E-state index contributed by atoms with van der Waals surface area (Å²) in [5.41, 5.74) is 0.636. The van der Waals surface area contributed by atoms with Crippen LogP contribution in [0.2, 0.25) is 0 Å². The van der Waals surface area contributed by atoms with E-state index >= 15 is 4.39 Å². The Kier molecular flexibility index (Phi) is 10.4. The standard InChI is InChI=1S/C38H38F3N5O5S/c1-23-12-13-26-27(14-15-30(39)29(26)22-52(48,49)21-24-8-5-11-31(40)33(24)41)34(23)50-35-28(10-6-17-42-35)32-16-18-43-36(45-32)44-25-9-7-19-46(20-25)37(47)51-38(2,3)4/h5-6,8,10-18,25H,7,9,19-22H2,1-4H3,(H,43,44,45)/t25-/m0/s1. The monoisotopic (exact) mass is 733 g/mol. The number of amides is 1. The molecule has 14 heteroatoms. The van der Waals surface area contributed by atoms with Crippen LogP contribution in [0.4, 0.5) is 23.9 Å². The van der Waals surface area contributed by atoms with Crippen molar-refractivity contribution < 1.29 is 35.9 Å². The molecule has 2 aromatic heterocycles. The Balaban J connectivity index is 1.26. The molecular weight excluding hydrogens is 696 g/mol. The topological polar surface area (TPSA) is 124 Å². The molecule has 1 aliphatic heterocycles. The number of carbonyl (C=O) groups excluding carboxylic acids is 1. The smallest absolute Gasteiger partial charge is 0.410 e. The number of anilines is 1. The van der Waals surface area contributed by atoms with Crippen molar-refractivity contribution in [3.8, 4) is 22.9 Å². The molecule has 0 radical (unpaired) electrons. The normalized spacial score (nSPS) is 15.1. The number of benzene rings is 3. The molecule has 52 heavy (non-hydrogen) atoms. The van der Waals surface area contributed by atoms with Gasteiger partial charge in [0.1, 0.15) is 17.2 Å². The van der Waals surface area contributed by atoms with Crippen LogP contribution in [-0.2, 0) is 26.1 Å². The number of likely N-dealkylation sites (tertiary alicyclic amines) is 1. The number of fused-ring (bicyclic) bond motifs is 1. The molecule has 1 aliphatic rings. The molecule has 1 atom stereocenters. The number of aromatic nitrogens is 3. The first kappa shape index (κ1) is 36.5. The van der Waals surface area contributed by atoms with Gasteiger partial charge in [0.25, 0.3) is 0 Å². The number of piperidine rings is 1. The molecule has 0 saturated carbocycles. The summed E-state index contributed by atoms with van der Waals surface area (Å²) in [5.74, 6) is -3.89. The number of hydrogen-bond acceptors (Lipinski definition) is 9. The average molecular weight is 734 g/mol. The summed E-state index contributed by atoms with van der Waals surface area (Å²) in [6, 6.07) is 14.3. The number of hydrogen-bond donors (Lipinski definition) is 1. The maximum atomic E-state index is 15.3. The largest absolute Gasteiger partial charge is 0.444 e. The molecular formula is C38H38F3N5O5S. The SMILES string of the molecule is Cc1ccc2c(CS(=O)(=O)Cc3cccc(F)c3F)c(F)ccc2c1Oc1ncccc1-c1ccnc(N[C@H]2CCCN(C(=O)OC(C)(C)C)C2)n1. The number of nitrogens with zero attached hydrogens (tertiary/aromatic N) is 4. The molecule has 3 aromatic carbocycles. The number of carbonyl (C=O) groups is 1. The Morgan fingerprint density at radius 2 is 1.73 bits per heavy atom. The predicted molar refractivity (Wildman–Crippen MR) is 191 cm³/mol. The molecule has 0 aliphatic carbocycles. The minimum Gasteiger partial charge on any atom is -0.444 e. The van der Waals surface area contributed by atoms with Crippen LogP contribution < -0.4 is 10.1 Å². The molecule has 0 bridgehead atoms. The van der Waals surface area contributed by atoms with E-state index in [0.717, 1.165) is 25.0 Å². The number of pyridine rings is 1. The van der Waals surface area contributed by atoms with Crippen LogP contribution in [0, 0.1) is 24.4 Å². The van der Waals surface area contributed by atoms with Crippen molar-refractivity contribution in [2.75, 3.05) is 18.4 Å². The maximum Gasteiger partial charge on any atom is 0.410 e. The second-order valence-electron chi connectivity index (χ2n) is 13.7. The van der Waals surface area contributed by atoms with Gasteiger partial charge in [-0.15, -0.1) is 0 Å². The molecule has 0 unspecified atom stereocenters. The second kappa shape index (κ2) is 14.8. The highest BCUT2D eigenvalue weighted by Crippen LogP contribution is 2.39. The van der Waals surface area contributed by atoms with E-state index in [1.54, 1.807) is 54.5 Å². The summed E-state index contributed by atoms with van der Waals surface area (Å²) in [5, 5.41) is 4.04. The molecule has 5 aromatic rings. The third-order valence-electron chi connectivity index (χ3n) is 8.48. The summed E-state index contributed by atoms with van der Waals surface area (Å²) < 4.78 is 81.7. The van der Waals surface area contributed by atoms with E-state index in [4.69, 9.17) is 14.5 Å². The van der Waals surface area contributed by atoms with Gasteiger partial charge in [0, 0.05) is 48.0 Å². The average Bonchev–Trinajstić information content (AvgIpc) is 3.09. The van der Waals surface area contributed by atoms with Crippen molar-refractivity contribution >= 4 is 32.7 Å². The van der Waals surface area contributed by atoms with E-state index in [1.807, 2.05) is 20.8 Å². The fourth-order valence-corrected chi connectivity index (χ4v) is 7.62. The fourth-order valence-electron chi connectivity index (χ4n) is 6.08. The summed E-state index contributed by atoms with van der Waals surface area (Å²) in [7, 11) is -4.14. The number of sulfone groups is 1. The van der Waals surface area contributed by atoms with Crippen molar-refractivity contribution in [2.45, 2.75) is 63.7 Å². The lowest BCUT2D eigenvalue weighted by Gasteiger charge is -2.34. The van der Waals surface area contributed by atoms with Crippen molar-refractivity contribution in [2.24, 2.45) is 0 Å². The van der Waals surface area contributed by atoms with Gasteiger partial charge in [-0.2, -0.15) is 0 Å². The third kappa shape index (κ3) is 8.44. The summed E-state index contributed by atoms with van der Waals surface area (Å²) in [4.78, 5) is 27.9. The minimum absolute atomic E-state index is 0.106. The fraction of sp³-hybridized carbons (Fsp3) is 0.316. The third-order valence-corrected chi connectivity index (χ3v) is 9.96. The summed E-state index contributed by atoms with van der Waals surface area (Å²) in [6.07, 6.45) is 4.37. The molecule has 1 fully saturated rings. The van der Waals surface area contributed by atoms with Crippen LogP contribution in [0.1, 0.15) is 50.3 Å². The first-order valence-corrected chi connectivity index (χ1v) is 18.5. The van der Waals surface area contributed by atoms with E-state index in [-0.39, 0.29) is 34.5 Å². The number of halogens is 3. The van der Waals surface area contributed by atoms with Gasteiger partial charge < -0.3 is 19.7 Å². The van der Waals surface area contributed by atoms with Gasteiger partial charge >= 0.3 is 6.09 Å². The predicted octanol–water partition coefficient (Wildman–Crippen LogP) is 8.14. The van der Waals surface area contributed by atoms with Gasteiger partial charge in [0.15, 0.2) is 21.5 Å². The number of ether oxygens (including phenoxy) is 2. The van der Waals surface area contributed by atoms with Gasteiger partial charge in [-0.25, -0.2) is 41.3 Å². The van der Waals surface area contributed by atoms with E-state index in [0.29, 0.717) is 47.0 Å². The Morgan fingerprint density at radius 3 is 2.52 bits per heavy atom. The number of aryl methyl sites for hydroxylation is 1. The molecule has 1 saturated heterocycles. The summed E-state index contributed by atoms with van der Waals surface area (Å²) in [6.45, 7) is 8.30. The highest BCUT2D eigenvalue weighted by molar-refractivity contribution is 7.89. The lowest BCUT2D eigenvalue weighted by molar-refractivity contribution is 0.0206. The molecule has 10 nitrogen and oxygen atoms in total. The van der Waals surface area contributed by atoms with Gasteiger partial charge in [0.05, 0.1) is 22.8 Å². The molecule has 1 amide bonds. The quantitative estimate of drug-likeness (QED) is 0.160. The van der Waals surface area contributed by atoms with Crippen molar-refractivity contribution in [1.82, 2.24) is 19.9 Å². The zero-order chi connectivity index (χ0) is 37.2. The van der Waals surface area contributed by atoms with Gasteiger partial charge in [-0.05, 0) is 87.9 Å². The Bertz CT molecular complexity index is 2250. The van der Waals surface area contributed by atoms with Gasteiger partial charge in [-0.1, -0.05) is 24.3 Å². The molecule has 272 valence electrons. The van der Waals surface area contributed by atoms with Gasteiger partial charge in [-0.3, -0.25) is 0 Å². The molecule has 6 rings (SSSR count). The van der Waals surface area contributed by atoms with E-state index in [2.05, 4.69) is 15.3 Å². The zero-order valence-electron chi connectivity index (χ0n) is 29.1. The first-order chi connectivity index (χ1) is 24.7. The van der Waals surface area contributed by atoms with Crippen LogP contribution in [0.3, 0.4) is 0 Å². The molecule has 3 heterocycles. The number of rotatable bonds is 9. The zero-order valence-corrected chi connectivity index (χ0v) is 29.9. The van der Waals surface area contributed by atoms with Crippen LogP contribution in [0.25, 0.3) is 22.0 Å². The van der Waals surface area contributed by atoms with Crippen molar-refractivity contribution in [3.63, 3.8) is 0 Å². The van der Waals surface area contributed by atoms with Crippen LogP contribution in [-0.4, -0.2) is 59.1 Å². The van der Waals surface area contributed by atoms with Crippen LogP contribution in [0.15, 0.2) is 73.1 Å². The molecule has 1 N–H and O–H groups in total. The Morgan fingerprint density at radius 1 is 0.942 bits per heavy atom. The Labute approximate surface area is 300 Å². The molecule has 0 spiro atoms. The van der Waals surface area contributed by atoms with Crippen molar-refractivity contribution in [3.05, 3.63) is 107 Å². The summed E-state index contributed by atoms with van der Waals surface area (Å²) >= 11 is 0. The van der Waals surface area contributed by atoms with Crippen LogP contribution >= 0.6 is 0 Å². The Hall–Kier alpha value is -5.24. The van der Waals surface area contributed by atoms with Crippen LogP contribution in [0.5, 0.6) is 11.6 Å². The van der Waals surface area contributed by atoms with E-state index in [9.17, 15) is 22.0 Å². The maximum absolute atomic E-state index is 15.3. The van der Waals surface area contributed by atoms with Gasteiger partial charge in [0.2, 0.25) is 11.8 Å². The van der Waals surface area contributed by atoms with E-state index in [1.165, 1.54) is 18.2 Å². The first-order valence-electron chi connectivity index (χ1n) is 16.7. The highest BCUT2D eigenvalue weighted by atomic mass is 32.2. The minimum atomic E-state index is -4.14. The lowest BCUT2D eigenvalue weighted by atomic mass is 10.0.